The molecule has 2 aromatic heterocycles. The number of aromatic nitrogens is 3. The highest BCUT2D eigenvalue weighted by Crippen LogP contribution is 2.37. The predicted octanol–water partition coefficient (Wildman–Crippen LogP) is 2.35. The summed E-state index contributed by atoms with van der Waals surface area (Å²) in [4.78, 5) is 26.5. The van der Waals surface area contributed by atoms with Crippen LogP contribution in [0.1, 0.15) is 25.7 Å². The van der Waals surface area contributed by atoms with E-state index in [2.05, 4.69) is 10.1 Å². The molecular weight excluding hydrogens is 371 g/mol. The van der Waals surface area contributed by atoms with Crippen LogP contribution in [0.5, 0.6) is 5.88 Å². The van der Waals surface area contributed by atoms with Gasteiger partial charge in [0.25, 0.3) is 5.88 Å². The van der Waals surface area contributed by atoms with Gasteiger partial charge in [-0.3, -0.25) is 4.79 Å². The third-order valence-electron chi connectivity index (χ3n) is 4.79. The molecule has 9 nitrogen and oxygen atoms in total. The minimum atomic E-state index is -4.97. The molecule has 0 spiro atoms. The molecule has 1 amide bonds. The minimum Gasteiger partial charge on any atom is -0.473 e. The average Bonchev–Trinajstić information content (AvgIpc) is 3.25. The SMILES string of the molecule is CN(C(=O)C(F)(F)F)C1(COc2ccc3ncc([N+](=O)[O-])n3n2)CCCC1. The summed E-state index contributed by atoms with van der Waals surface area (Å²) in [6.07, 6.45) is -1.88. The number of hydrogen-bond donors (Lipinski definition) is 0. The van der Waals surface area contributed by atoms with Crippen molar-refractivity contribution < 1.29 is 27.6 Å². The molecule has 2 heterocycles. The van der Waals surface area contributed by atoms with Crippen LogP contribution < -0.4 is 4.74 Å². The van der Waals surface area contributed by atoms with E-state index in [-0.39, 0.29) is 24.0 Å². The Kier molecular flexibility index (Phi) is 4.66. The monoisotopic (exact) mass is 387 g/mol. The first-order chi connectivity index (χ1) is 12.6. The van der Waals surface area contributed by atoms with Gasteiger partial charge in [0.05, 0.1) is 5.54 Å². The topological polar surface area (TPSA) is 103 Å². The molecule has 1 saturated carbocycles. The van der Waals surface area contributed by atoms with Crippen LogP contribution in [0.2, 0.25) is 0 Å². The van der Waals surface area contributed by atoms with Gasteiger partial charge in [-0.15, -0.1) is 0 Å². The standard InChI is InChI=1S/C15H16F3N5O4/c1-21(13(24)15(16,17)18)14(6-2-3-7-14)9-27-11-5-4-10-19-8-12(23(25)26)22(10)20-11/h4-5,8H,2-3,6-7,9H2,1H3. The highest BCUT2D eigenvalue weighted by Gasteiger charge is 2.50. The summed E-state index contributed by atoms with van der Waals surface area (Å²) >= 11 is 0. The van der Waals surface area contributed by atoms with Crippen LogP contribution in [0, 0.1) is 10.1 Å². The summed E-state index contributed by atoms with van der Waals surface area (Å²) in [5.74, 6) is -2.31. The van der Waals surface area contributed by atoms with E-state index in [0.717, 1.165) is 17.8 Å². The molecule has 1 aliphatic carbocycles. The Hall–Kier alpha value is -2.92. The number of fused-ring (bicyclic) bond motifs is 1. The summed E-state index contributed by atoms with van der Waals surface area (Å²) in [5, 5.41) is 14.9. The van der Waals surface area contributed by atoms with Crippen LogP contribution in [0.3, 0.4) is 0 Å². The zero-order chi connectivity index (χ0) is 19.8. The molecule has 0 saturated heterocycles. The third kappa shape index (κ3) is 3.51. The number of halogens is 3. The maximum Gasteiger partial charge on any atom is 0.471 e. The molecular formula is C15H16F3N5O4. The summed E-state index contributed by atoms with van der Waals surface area (Å²) in [6, 6.07) is 2.86. The summed E-state index contributed by atoms with van der Waals surface area (Å²) < 4.78 is 45.0. The molecule has 0 N–H and O–H groups in total. The highest BCUT2D eigenvalue weighted by molar-refractivity contribution is 5.82. The van der Waals surface area contributed by atoms with E-state index in [4.69, 9.17) is 4.74 Å². The number of nitrogens with zero attached hydrogens (tertiary/aromatic N) is 5. The van der Waals surface area contributed by atoms with Crippen LogP contribution in [0.15, 0.2) is 18.3 Å². The number of alkyl halides is 3. The van der Waals surface area contributed by atoms with E-state index in [1.807, 2.05) is 0 Å². The Morgan fingerprint density at radius 3 is 2.67 bits per heavy atom. The van der Waals surface area contributed by atoms with Gasteiger partial charge in [-0.25, -0.2) is 4.98 Å². The number of nitro groups is 1. The van der Waals surface area contributed by atoms with E-state index < -0.39 is 22.5 Å². The van der Waals surface area contributed by atoms with Crippen molar-refractivity contribution in [2.24, 2.45) is 0 Å². The second-order valence-electron chi connectivity index (χ2n) is 6.40. The Morgan fingerprint density at radius 2 is 2.07 bits per heavy atom. The smallest absolute Gasteiger partial charge is 0.471 e. The van der Waals surface area contributed by atoms with Gasteiger partial charge in [0.2, 0.25) is 5.65 Å². The van der Waals surface area contributed by atoms with Gasteiger partial charge in [-0.1, -0.05) is 17.4 Å². The predicted molar refractivity (Wildman–Crippen MR) is 85.2 cm³/mol. The largest absolute Gasteiger partial charge is 0.473 e. The lowest BCUT2D eigenvalue weighted by molar-refractivity contribution is -0.391. The van der Waals surface area contributed by atoms with Crippen molar-refractivity contribution in [3.8, 4) is 5.88 Å². The molecule has 2 aromatic rings. The molecule has 12 heteroatoms. The quantitative estimate of drug-likeness (QED) is 0.576. The first-order valence-electron chi connectivity index (χ1n) is 8.11. The number of likely N-dealkylation sites (N-methyl/N-ethyl adjacent to an activating group) is 1. The summed E-state index contributed by atoms with van der Waals surface area (Å²) in [6.45, 7) is -0.202. The van der Waals surface area contributed by atoms with Crippen LogP contribution in [-0.2, 0) is 4.79 Å². The van der Waals surface area contributed by atoms with Gasteiger partial charge >= 0.3 is 17.9 Å². The molecule has 3 rings (SSSR count). The molecule has 0 unspecified atom stereocenters. The Morgan fingerprint density at radius 1 is 1.41 bits per heavy atom. The van der Waals surface area contributed by atoms with Gasteiger partial charge < -0.3 is 19.8 Å². The lowest BCUT2D eigenvalue weighted by atomic mass is 9.96. The van der Waals surface area contributed by atoms with Gasteiger partial charge in [0.1, 0.15) is 12.8 Å². The van der Waals surface area contributed by atoms with Crippen LogP contribution in [0.25, 0.3) is 5.65 Å². The maximum absolute atomic E-state index is 12.8. The molecule has 1 fully saturated rings. The fourth-order valence-corrected chi connectivity index (χ4v) is 3.27. The summed E-state index contributed by atoms with van der Waals surface area (Å²) in [7, 11) is 1.11. The fourth-order valence-electron chi connectivity index (χ4n) is 3.27. The van der Waals surface area contributed by atoms with Crippen molar-refractivity contribution in [1.29, 1.82) is 0 Å². The van der Waals surface area contributed by atoms with Crippen molar-refractivity contribution in [1.82, 2.24) is 19.5 Å². The van der Waals surface area contributed by atoms with Crippen LogP contribution >= 0.6 is 0 Å². The Bertz CT molecular complexity index is 876. The molecule has 0 radical (unpaired) electrons. The van der Waals surface area contributed by atoms with E-state index in [1.54, 1.807) is 0 Å². The maximum atomic E-state index is 12.8. The number of rotatable bonds is 5. The normalized spacial score (nSPS) is 16.4. The molecule has 0 atom stereocenters. The molecule has 0 aliphatic heterocycles. The lowest BCUT2D eigenvalue weighted by Gasteiger charge is -2.38. The van der Waals surface area contributed by atoms with Crippen LogP contribution in [0.4, 0.5) is 19.0 Å². The fraction of sp³-hybridized carbons (Fsp3) is 0.533. The van der Waals surface area contributed by atoms with Gasteiger partial charge in [0.15, 0.2) is 0 Å². The number of ether oxygens (including phenoxy) is 1. The van der Waals surface area contributed by atoms with E-state index in [1.165, 1.54) is 12.1 Å². The minimum absolute atomic E-state index is 0.0114. The number of carbonyl (C=O) groups is 1. The van der Waals surface area contributed by atoms with Gasteiger partial charge in [-0.05, 0) is 22.9 Å². The third-order valence-corrected chi connectivity index (χ3v) is 4.79. The van der Waals surface area contributed by atoms with E-state index in [9.17, 15) is 28.1 Å². The van der Waals surface area contributed by atoms with E-state index >= 15 is 0 Å². The van der Waals surface area contributed by atoms with Crippen molar-refractivity contribution in [2.75, 3.05) is 13.7 Å². The highest BCUT2D eigenvalue weighted by atomic mass is 19.4. The zero-order valence-electron chi connectivity index (χ0n) is 14.3. The van der Waals surface area contributed by atoms with Gasteiger partial charge in [0, 0.05) is 19.2 Å². The Labute approximate surface area is 150 Å². The zero-order valence-corrected chi connectivity index (χ0v) is 14.3. The number of hydrogen-bond acceptors (Lipinski definition) is 6. The molecule has 1 aliphatic rings. The van der Waals surface area contributed by atoms with Crippen molar-refractivity contribution >= 4 is 17.4 Å². The lowest BCUT2D eigenvalue weighted by Crippen LogP contribution is -2.55. The Balaban J connectivity index is 1.82. The second-order valence-corrected chi connectivity index (χ2v) is 6.40. The summed E-state index contributed by atoms with van der Waals surface area (Å²) in [5.41, 5.74) is -0.876. The molecule has 146 valence electrons. The first kappa shape index (κ1) is 18.9. The van der Waals surface area contributed by atoms with Crippen molar-refractivity contribution in [2.45, 2.75) is 37.4 Å². The molecule has 0 bridgehead atoms. The molecule has 27 heavy (non-hydrogen) atoms. The number of imidazole rings is 1. The van der Waals surface area contributed by atoms with Crippen molar-refractivity contribution in [3.63, 3.8) is 0 Å². The van der Waals surface area contributed by atoms with Gasteiger partial charge in [-0.2, -0.15) is 13.2 Å². The first-order valence-corrected chi connectivity index (χ1v) is 8.11. The molecule has 0 aromatic carbocycles. The average molecular weight is 387 g/mol. The second kappa shape index (κ2) is 6.67. The number of amides is 1. The number of carbonyl (C=O) groups excluding carboxylic acids is 1. The van der Waals surface area contributed by atoms with E-state index in [0.29, 0.717) is 30.6 Å². The van der Waals surface area contributed by atoms with Crippen LogP contribution in [-0.4, -0.2) is 55.7 Å². The van der Waals surface area contributed by atoms with Crippen molar-refractivity contribution in [3.05, 3.63) is 28.4 Å².